The average Bonchev–Trinajstić information content (AvgIpc) is 2.81. The fraction of sp³-hybridized carbons (Fsp3) is 0.182. The van der Waals surface area contributed by atoms with Crippen LogP contribution in [0.1, 0.15) is 5.56 Å². The van der Waals surface area contributed by atoms with Gasteiger partial charge in [0.25, 0.3) is 0 Å². The Morgan fingerprint density at radius 2 is 1.77 bits per heavy atom. The molecule has 2 N–H and O–H groups in total. The summed E-state index contributed by atoms with van der Waals surface area (Å²) in [6.07, 6.45) is 3.31. The molecule has 0 saturated heterocycles. The quantitative estimate of drug-likeness (QED) is 0.526. The largest absolute Gasteiger partial charge is 0.493 e. The number of pyridine rings is 1. The number of hydrogen-bond donors (Lipinski definition) is 2. The molecular weight excluding hydrogens is 418 g/mol. The van der Waals surface area contributed by atoms with Crippen LogP contribution in [0.25, 0.3) is 0 Å². The number of sulfone groups is 1. The number of rotatable bonds is 9. The lowest BCUT2D eigenvalue weighted by atomic mass is 10.2. The molecule has 3 aromatic rings. The average molecular weight is 442 g/mol. The number of anilines is 1. The van der Waals surface area contributed by atoms with Gasteiger partial charge in [0.1, 0.15) is 4.90 Å². The number of ether oxygens (including phenoxy) is 2. The maximum absolute atomic E-state index is 13.4. The second kappa shape index (κ2) is 9.94. The summed E-state index contributed by atoms with van der Waals surface area (Å²) in [5.74, 6) is 0.0254. The van der Waals surface area contributed by atoms with Crippen LogP contribution in [-0.4, -0.2) is 40.1 Å². The van der Waals surface area contributed by atoms with Crippen molar-refractivity contribution in [3.05, 3.63) is 72.6 Å². The number of carbonyl (C=O) groups is 1. The zero-order valence-electron chi connectivity index (χ0n) is 17.2. The predicted molar refractivity (Wildman–Crippen MR) is 116 cm³/mol. The van der Waals surface area contributed by atoms with Gasteiger partial charge >= 0.3 is 0 Å². The summed E-state index contributed by atoms with van der Waals surface area (Å²) < 4.78 is 37.4. The molecule has 1 heterocycles. The Labute approximate surface area is 181 Å². The van der Waals surface area contributed by atoms with Crippen LogP contribution in [0.2, 0.25) is 0 Å². The molecule has 1 aromatic heterocycles. The fourth-order valence-electron chi connectivity index (χ4n) is 2.96. The van der Waals surface area contributed by atoms with Gasteiger partial charge < -0.3 is 20.1 Å². The molecule has 0 saturated carbocycles. The summed E-state index contributed by atoms with van der Waals surface area (Å²) in [5.41, 5.74) is 1.09. The molecule has 162 valence electrons. The van der Waals surface area contributed by atoms with E-state index in [4.69, 9.17) is 9.47 Å². The minimum absolute atomic E-state index is 0.0621. The molecule has 0 radical (unpaired) electrons. The van der Waals surface area contributed by atoms with Crippen molar-refractivity contribution in [3.8, 4) is 11.5 Å². The molecule has 1 amide bonds. The molecule has 0 fully saturated rings. The highest BCUT2D eigenvalue weighted by Gasteiger charge is 2.28. The van der Waals surface area contributed by atoms with E-state index in [2.05, 4.69) is 15.6 Å². The molecule has 2 aromatic carbocycles. The van der Waals surface area contributed by atoms with Gasteiger partial charge in [-0.2, -0.15) is 0 Å². The van der Waals surface area contributed by atoms with Crippen LogP contribution in [0.4, 0.5) is 5.69 Å². The first-order valence-electron chi connectivity index (χ1n) is 9.42. The number of carbonyl (C=O) groups excluding carboxylic acids is 1. The van der Waals surface area contributed by atoms with Crippen molar-refractivity contribution < 1.29 is 22.7 Å². The molecule has 31 heavy (non-hydrogen) atoms. The molecule has 0 aliphatic carbocycles. The highest BCUT2D eigenvalue weighted by molar-refractivity contribution is 7.91. The van der Waals surface area contributed by atoms with Crippen molar-refractivity contribution in [1.82, 2.24) is 10.3 Å². The number of amides is 1. The number of aromatic nitrogens is 1. The smallest absolute Gasteiger partial charge is 0.239 e. The first kappa shape index (κ1) is 22.1. The molecule has 9 heteroatoms. The van der Waals surface area contributed by atoms with E-state index in [9.17, 15) is 13.2 Å². The Bertz CT molecular complexity index is 1140. The van der Waals surface area contributed by atoms with E-state index in [-0.39, 0.29) is 39.4 Å². The van der Waals surface area contributed by atoms with Gasteiger partial charge in [0.05, 0.1) is 31.3 Å². The van der Waals surface area contributed by atoms with Gasteiger partial charge in [-0.25, -0.2) is 8.42 Å². The Morgan fingerprint density at radius 1 is 1.00 bits per heavy atom. The van der Waals surface area contributed by atoms with E-state index in [1.54, 1.807) is 48.8 Å². The van der Waals surface area contributed by atoms with Crippen molar-refractivity contribution in [2.45, 2.75) is 16.3 Å². The summed E-state index contributed by atoms with van der Waals surface area (Å²) in [5, 5.41) is 5.67. The maximum atomic E-state index is 13.4. The lowest BCUT2D eigenvalue weighted by Gasteiger charge is -2.18. The number of benzene rings is 2. The summed E-state index contributed by atoms with van der Waals surface area (Å²) in [6.45, 7) is 0.183. The lowest BCUT2D eigenvalue weighted by molar-refractivity contribution is -0.119. The maximum Gasteiger partial charge on any atom is 0.239 e. The first-order chi connectivity index (χ1) is 15.0. The lowest BCUT2D eigenvalue weighted by Crippen LogP contribution is -2.29. The van der Waals surface area contributed by atoms with E-state index in [0.29, 0.717) is 6.54 Å². The van der Waals surface area contributed by atoms with Crippen LogP contribution in [0.5, 0.6) is 11.5 Å². The predicted octanol–water partition coefficient (Wildman–Crippen LogP) is 2.66. The van der Waals surface area contributed by atoms with E-state index in [1.165, 1.54) is 26.4 Å². The number of nitrogens with zero attached hydrogens (tertiary/aromatic N) is 1. The summed E-state index contributed by atoms with van der Waals surface area (Å²) in [4.78, 5) is 16.3. The topological polar surface area (TPSA) is 107 Å². The first-order valence-corrected chi connectivity index (χ1v) is 10.9. The van der Waals surface area contributed by atoms with Crippen LogP contribution in [0.15, 0.2) is 76.8 Å². The zero-order chi connectivity index (χ0) is 22.3. The Morgan fingerprint density at radius 3 is 2.42 bits per heavy atom. The van der Waals surface area contributed by atoms with E-state index in [0.717, 1.165) is 5.56 Å². The summed E-state index contributed by atoms with van der Waals surface area (Å²) in [6, 6.07) is 14.8. The number of hydrogen-bond acceptors (Lipinski definition) is 7. The molecule has 0 bridgehead atoms. The minimum atomic E-state index is -3.96. The van der Waals surface area contributed by atoms with E-state index in [1.807, 2.05) is 6.07 Å². The molecule has 0 unspecified atom stereocenters. The number of methoxy groups -OCH3 is 2. The Balaban J connectivity index is 1.87. The van der Waals surface area contributed by atoms with Crippen molar-refractivity contribution >= 4 is 21.4 Å². The Kier molecular flexibility index (Phi) is 7.09. The summed E-state index contributed by atoms with van der Waals surface area (Å²) in [7, 11) is -1.16. The monoisotopic (exact) mass is 441 g/mol. The van der Waals surface area contributed by atoms with Crippen LogP contribution in [0.3, 0.4) is 0 Å². The van der Waals surface area contributed by atoms with Gasteiger partial charge in [0, 0.05) is 18.9 Å². The molecule has 3 rings (SSSR count). The second-order valence-electron chi connectivity index (χ2n) is 6.49. The van der Waals surface area contributed by atoms with Crippen LogP contribution < -0.4 is 20.1 Å². The van der Waals surface area contributed by atoms with Crippen LogP contribution >= 0.6 is 0 Å². The van der Waals surface area contributed by atoms with Crippen molar-refractivity contribution in [2.24, 2.45) is 0 Å². The minimum Gasteiger partial charge on any atom is -0.493 e. The van der Waals surface area contributed by atoms with Crippen LogP contribution in [0, 0.1) is 0 Å². The molecule has 0 atom stereocenters. The third-order valence-corrected chi connectivity index (χ3v) is 6.31. The molecule has 0 aliphatic heterocycles. The number of nitrogens with one attached hydrogen (secondary N) is 2. The highest BCUT2D eigenvalue weighted by Crippen LogP contribution is 2.42. The molecule has 8 nitrogen and oxygen atoms in total. The standard InChI is InChI=1S/C22H23N3O5S/c1-29-19-11-10-18(24-15-20(26)25-14-16-7-6-12-23-13-16)22(21(19)30-2)31(27,28)17-8-4-3-5-9-17/h3-13,24H,14-15H2,1-2H3,(H,25,26). The van der Waals surface area contributed by atoms with Gasteiger partial charge in [-0.05, 0) is 35.9 Å². The van der Waals surface area contributed by atoms with E-state index < -0.39 is 9.84 Å². The van der Waals surface area contributed by atoms with Crippen molar-refractivity contribution in [3.63, 3.8) is 0 Å². The molecule has 0 aliphatic rings. The second-order valence-corrected chi connectivity index (χ2v) is 8.37. The normalized spacial score (nSPS) is 10.9. The van der Waals surface area contributed by atoms with Gasteiger partial charge in [-0.3, -0.25) is 9.78 Å². The Hall–Kier alpha value is -3.59. The van der Waals surface area contributed by atoms with Gasteiger partial charge in [0.15, 0.2) is 11.5 Å². The molecular formula is C22H23N3O5S. The van der Waals surface area contributed by atoms with Gasteiger partial charge in [-0.15, -0.1) is 0 Å². The van der Waals surface area contributed by atoms with Crippen molar-refractivity contribution in [2.75, 3.05) is 26.1 Å². The van der Waals surface area contributed by atoms with Gasteiger partial charge in [0.2, 0.25) is 15.7 Å². The van der Waals surface area contributed by atoms with Gasteiger partial charge in [-0.1, -0.05) is 24.3 Å². The third kappa shape index (κ3) is 5.13. The highest BCUT2D eigenvalue weighted by atomic mass is 32.2. The summed E-state index contributed by atoms with van der Waals surface area (Å²) >= 11 is 0. The van der Waals surface area contributed by atoms with Crippen LogP contribution in [-0.2, 0) is 21.2 Å². The van der Waals surface area contributed by atoms with E-state index >= 15 is 0 Å². The third-order valence-electron chi connectivity index (χ3n) is 4.47. The molecule has 0 spiro atoms. The SMILES string of the molecule is COc1ccc(NCC(=O)NCc2cccnc2)c(S(=O)(=O)c2ccccc2)c1OC. The van der Waals surface area contributed by atoms with Crippen molar-refractivity contribution in [1.29, 1.82) is 0 Å². The fourth-order valence-corrected chi connectivity index (χ4v) is 4.57. The zero-order valence-corrected chi connectivity index (χ0v) is 18.0.